The van der Waals surface area contributed by atoms with Gasteiger partial charge in [-0.05, 0) is 12.8 Å². The van der Waals surface area contributed by atoms with Crippen molar-refractivity contribution in [3.8, 4) is 0 Å². The minimum absolute atomic E-state index is 0.193. The molecule has 0 radical (unpaired) electrons. The zero-order valence-corrected chi connectivity index (χ0v) is 7.34. The van der Waals surface area contributed by atoms with Gasteiger partial charge >= 0.3 is 6.03 Å². The van der Waals surface area contributed by atoms with Crippen LogP contribution < -0.4 is 0 Å². The molecule has 1 rings (SSSR count). The Hall–Kier alpha value is -0.730. The summed E-state index contributed by atoms with van der Waals surface area (Å²) in [4.78, 5) is 15.1. The van der Waals surface area contributed by atoms with Crippen LogP contribution in [0, 0.1) is 0 Å². The molecule has 1 aliphatic rings. The normalized spacial score (nSPS) is 19.3. The first-order valence-corrected chi connectivity index (χ1v) is 4.25. The molecule has 0 unspecified atom stereocenters. The van der Waals surface area contributed by atoms with Crippen molar-refractivity contribution in [3.05, 3.63) is 0 Å². The highest BCUT2D eigenvalue weighted by Gasteiger charge is 2.20. The predicted octanol–water partition coefficient (Wildman–Crippen LogP) is 1.15. The van der Waals surface area contributed by atoms with Crippen molar-refractivity contribution in [2.24, 2.45) is 0 Å². The quantitative estimate of drug-likeness (QED) is 0.588. The first kappa shape index (κ1) is 8.37. The SMILES string of the molecule is CCCN1CCCN(C)C1=O. The van der Waals surface area contributed by atoms with Crippen molar-refractivity contribution < 1.29 is 4.79 Å². The lowest BCUT2D eigenvalue weighted by molar-refractivity contribution is 0.141. The molecule has 0 spiro atoms. The van der Waals surface area contributed by atoms with Crippen LogP contribution in [0.3, 0.4) is 0 Å². The average Bonchev–Trinajstić information content (AvgIpc) is 1.99. The van der Waals surface area contributed by atoms with Gasteiger partial charge in [0, 0.05) is 26.7 Å². The number of hydrogen-bond donors (Lipinski definition) is 0. The molecule has 0 N–H and O–H groups in total. The molecule has 0 atom stereocenters. The van der Waals surface area contributed by atoms with Gasteiger partial charge in [0.2, 0.25) is 0 Å². The second-order valence-electron chi connectivity index (χ2n) is 3.04. The van der Waals surface area contributed by atoms with E-state index in [1.54, 1.807) is 4.90 Å². The molecule has 3 heteroatoms. The predicted molar refractivity (Wildman–Crippen MR) is 44.5 cm³/mol. The Morgan fingerprint density at radius 3 is 2.82 bits per heavy atom. The zero-order valence-electron chi connectivity index (χ0n) is 7.34. The smallest absolute Gasteiger partial charge is 0.319 e. The van der Waals surface area contributed by atoms with Crippen LogP contribution in [0.1, 0.15) is 19.8 Å². The summed E-state index contributed by atoms with van der Waals surface area (Å²) in [7, 11) is 1.87. The molecule has 1 heterocycles. The molecule has 1 saturated heterocycles. The third-order valence-corrected chi connectivity index (χ3v) is 2.01. The molecule has 11 heavy (non-hydrogen) atoms. The first-order valence-electron chi connectivity index (χ1n) is 4.25. The second-order valence-corrected chi connectivity index (χ2v) is 3.04. The molecule has 1 fully saturated rings. The summed E-state index contributed by atoms with van der Waals surface area (Å²) >= 11 is 0. The maximum atomic E-state index is 11.4. The van der Waals surface area contributed by atoms with E-state index in [0.717, 1.165) is 32.5 Å². The lowest BCUT2D eigenvalue weighted by Crippen LogP contribution is -2.47. The Labute approximate surface area is 68.0 Å². The van der Waals surface area contributed by atoms with Gasteiger partial charge < -0.3 is 9.80 Å². The number of carbonyl (C=O) groups is 1. The van der Waals surface area contributed by atoms with Crippen LogP contribution in [-0.2, 0) is 0 Å². The molecule has 64 valence electrons. The van der Waals surface area contributed by atoms with Crippen molar-refractivity contribution >= 4 is 6.03 Å². The Balaban J connectivity index is 2.44. The summed E-state index contributed by atoms with van der Waals surface area (Å²) in [6.45, 7) is 4.86. The largest absolute Gasteiger partial charge is 0.328 e. The zero-order chi connectivity index (χ0) is 8.27. The highest BCUT2D eigenvalue weighted by Crippen LogP contribution is 2.06. The summed E-state index contributed by atoms with van der Waals surface area (Å²) in [5, 5.41) is 0. The number of nitrogens with zero attached hydrogens (tertiary/aromatic N) is 2. The van der Waals surface area contributed by atoms with E-state index in [0.29, 0.717) is 0 Å². The molecule has 0 saturated carbocycles. The number of hydrogen-bond acceptors (Lipinski definition) is 1. The van der Waals surface area contributed by atoms with Crippen molar-refractivity contribution in [1.82, 2.24) is 9.80 Å². The first-order chi connectivity index (χ1) is 5.25. The minimum Gasteiger partial charge on any atom is -0.328 e. The van der Waals surface area contributed by atoms with Crippen LogP contribution >= 0.6 is 0 Å². The Morgan fingerprint density at radius 2 is 2.18 bits per heavy atom. The van der Waals surface area contributed by atoms with Crippen LogP contribution in [0.15, 0.2) is 0 Å². The topological polar surface area (TPSA) is 23.6 Å². The van der Waals surface area contributed by atoms with Crippen molar-refractivity contribution in [3.63, 3.8) is 0 Å². The minimum atomic E-state index is 0.193. The summed E-state index contributed by atoms with van der Waals surface area (Å²) in [5.41, 5.74) is 0. The second kappa shape index (κ2) is 3.60. The fourth-order valence-corrected chi connectivity index (χ4v) is 1.41. The van der Waals surface area contributed by atoms with Crippen LogP contribution in [0.5, 0.6) is 0 Å². The fourth-order valence-electron chi connectivity index (χ4n) is 1.41. The highest BCUT2D eigenvalue weighted by atomic mass is 16.2. The molecule has 0 aromatic carbocycles. The molecule has 1 aliphatic heterocycles. The summed E-state index contributed by atoms with van der Waals surface area (Å²) in [6.07, 6.45) is 2.17. The van der Waals surface area contributed by atoms with Gasteiger partial charge in [-0.3, -0.25) is 0 Å². The Bertz CT molecular complexity index is 145. The van der Waals surface area contributed by atoms with Gasteiger partial charge in [0.15, 0.2) is 0 Å². The third kappa shape index (κ3) is 1.85. The lowest BCUT2D eigenvalue weighted by atomic mass is 10.3. The van der Waals surface area contributed by atoms with Crippen molar-refractivity contribution in [2.45, 2.75) is 19.8 Å². The van der Waals surface area contributed by atoms with Crippen LogP contribution in [-0.4, -0.2) is 42.5 Å². The van der Waals surface area contributed by atoms with Crippen LogP contribution in [0.2, 0.25) is 0 Å². The molecule has 0 bridgehead atoms. The Kier molecular flexibility index (Phi) is 2.74. The molecular formula is C8H16N2O. The number of rotatable bonds is 2. The van der Waals surface area contributed by atoms with E-state index in [1.807, 2.05) is 11.9 Å². The molecule has 0 aliphatic carbocycles. The van der Waals surface area contributed by atoms with Crippen LogP contribution in [0.25, 0.3) is 0 Å². The van der Waals surface area contributed by atoms with Gasteiger partial charge in [-0.1, -0.05) is 6.92 Å². The molecule has 3 nitrogen and oxygen atoms in total. The highest BCUT2D eigenvalue weighted by molar-refractivity contribution is 5.74. The standard InChI is InChI=1S/C8H16N2O/c1-3-5-10-7-4-6-9(2)8(10)11/h3-7H2,1-2H3. The van der Waals surface area contributed by atoms with Gasteiger partial charge in [0.05, 0.1) is 0 Å². The third-order valence-electron chi connectivity index (χ3n) is 2.01. The van der Waals surface area contributed by atoms with E-state index in [2.05, 4.69) is 6.92 Å². The monoisotopic (exact) mass is 156 g/mol. The fraction of sp³-hybridized carbons (Fsp3) is 0.875. The maximum Gasteiger partial charge on any atom is 0.319 e. The molecular weight excluding hydrogens is 140 g/mol. The average molecular weight is 156 g/mol. The van der Waals surface area contributed by atoms with Crippen LogP contribution in [0.4, 0.5) is 4.79 Å². The van der Waals surface area contributed by atoms with E-state index in [-0.39, 0.29) is 6.03 Å². The summed E-state index contributed by atoms with van der Waals surface area (Å²) in [5.74, 6) is 0. The molecule has 0 aromatic heterocycles. The van der Waals surface area contributed by atoms with E-state index in [4.69, 9.17) is 0 Å². The van der Waals surface area contributed by atoms with Gasteiger partial charge in [0.1, 0.15) is 0 Å². The van der Waals surface area contributed by atoms with Crippen molar-refractivity contribution in [2.75, 3.05) is 26.7 Å². The lowest BCUT2D eigenvalue weighted by Gasteiger charge is -2.32. The van der Waals surface area contributed by atoms with E-state index < -0.39 is 0 Å². The van der Waals surface area contributed by atoms with Gasteiger partial charge in [-0.25, -0.2) is 4.79 Å². The number of amides is 2. The summed E-state index contributed by atoms with van der Waals surface area (Å²) < 4.78 is 0. The number of carbonyl (C=O) groups excluding carboxylic acids is 1. The molecule has 2 amide bonds. The number of urea groups is 1. The van der Waals surface area contributed by atoms with Gasteiger partial charge in [0.25, 0.3) is 0 Å². The van der Waals surface area contributed by atoms with E-state index >= 15 is 0 Å². The molecule has 0 aromatic rings. The van der Waals surface area contributed by atoms with Crippen molar-refractivity contribution in [1.29, 1.82) is 0 Å². The van der Waals surface area contributed by atoms with E-state index in [1.165, 1.54) is 0 Å². The summed E-state index contributed by atoms with van der Waals surface area (Å²) in [6, 6.07) is 0.193. The Morgan fingerprint density at radius 1 is 1.45 bits per heavy atom. The van der Waals surface area contributed by atoms with E-state index in [9.17, 15) is 4.79 Å². The van der Waals surface area contributed by atoms with Gasteiger partial charge in [-0.2, -0.15) is 0 Å². The maximum absolute atomic E-state index is 11.4. The van der Waals surface area contributed by atoms with Gasteiger partial charge in [-0.15, -0.1) is 0 Å².